The third-order valence-corrected chi connectivity index (χ3v) is 5.23. The van der Waals surface area contributed by atoms with Gasteiger partial charge in [0.2, 0.25) is 0 Å². The van der Waals surface area contributed by atoms with Gasteiger partial charge in [0.1, 0.15) is 0 Å². The van der Waals surface area contributed by atoms with Crippen LogP contribution in [0.2, 0.25) is 0 Å². The average Bonchev–Trinajstić information content (AvgIpc) is 2.91. The molecule has 3 N–H and O–H groups in total. The number of nitrogens with one attached hydrogen (secondary N) is 1. The summed E-state index contributed by atoms with van der Waals surface area (Å²) in [5.74, 6) is 0.346. The molecule has 3 rings (SSSR count). The van der Waals surface area contributed by atoms with E-state index in [4.69, 9.17) is 5.73 Å². The van der Waals surface area contributed by atoms with Crippen molar-refractivity contribution in [3.05, 3.63) is 52.6 Å². The zero-order chi connectivity index (χ0) is 17.4. The quantitative estimate of drug-likeness (QED) is 0.715. The van der Waals surface area contributed by atoms with E-state index < -0.39 is 0 Å². The second-order valence-electron chi connectivity index (χ2n) is 6.32. The Hall–Kier alpha value is -2.40. The number of carbonyl (C=O) groups excluding carboxylic acids is 1. The van der Waals surface area contributed by atoms with Crippen molar-refractivity contribution in [2.24, 2.45) is 0 Å². The number of aryl methyl sites for hydroxylation is 2. The van der Waals surface area contributed by atoms with Gasteiger partial charge in [-0.2, -0.15) is 0 Å². The van der Waals surface area contributed by atoms with Gasteiger partial charge in [-0.3, -0.25) is 4.79 Å². The average molecular weight is 339 g/mol. The molecular formula is C19H21N3OS. The van der Waals surface area contributed by atoms with E-state index in [0.29, 0.717) is 16.6 Å². The van der Waals surface area contributed by atoms with Crippen LogP contribution >= 0.6 is 11.3 Å². The fraction of sp³-hybridized carbons (Fsp3) is 0.263. The molecule has 0 bridgehead atoms. The van der Waals surface area contributed by atoms with Gasteiger partial charge in [0.05, 0.1) is 10.2 Å². The predicted octanol–water partition coefficient (Wildman–Crippen LogP) is 4.87. The Morgan fingerprint density at radius 3 is 2.50 bits per heavy atom. The number of aromatic nitrogens is 1. The minimum atomic E-state index is -0.103. The maximum Gasteiger partial charge on any atom is 0.255 e. The third-order valence-electron chi connectivity index (χ3n) is 4.21. The van der Waals surface area contributed by atoms with Gasteiger partial charge in [-0.25, -0.2) is 4.98 Å². The summed E-state index contributed by atoms with van der Waals surface area (Å²) in [4.78, 5) is 16.9. The molecule has 0 fully saturated rings. The molecular weight excluding hydrogens is 318 g/mol. The molecule has 0 aliphatic carbocycles. The summed E-state index contributed by atoms with van der Waals surface area (Å²) in [5.41, 5.74) is 11.4. The van der Waals surface area contributed by atoms with E-state index in [-0.39, 0.29) is 5.91 Å². The number of hydrogen-bond acceptors (Lipinski definition) is 4. The van der Waals surface area contributed by atoms with Crippen molar-refractivity contribution in [3.63, 3.8) is 0 Å². The van der Waals surface area contributed by atoms with Gasteiger partial charge >= 0.3 is 0 Å². The molecule has 4 nitrogen and oxygen atoms in total. The van der Waals surface area contributed by atoms with Gasteiger partial charge in [-0.15, -0.1) is 0 Å². The van der Waals surface area contributed by atoms with Crippen LogP contribution in [0.15, 0.2) is 30.3 Å². The highest BCUT2D eigenvalue weighted by Crippen LogP contribution is 2.34. The number of thiazole rings is 1. The molecule has 5 heteroatoms. The van der Waals surface area contributed by atoms with Crippen LogP contribution in [0.3, 0.4) is 0 Å². The molecule has 124 valence electrons. The minimum Gasteiger partial charge on any atom is -0.375 e. The van der Waals surface area contributed by atoms with Crippen LogP contribution in [-0.2, 0) is 0 Å². The highest BCUT2D eigenvalue weighted by Gasteiger charge is 2.15. The number of amides is 1. The molecule has 0 saturated carbocycles. The number of nitrogens with two attached hydrogens (primary N) is 1. The Morgan fingerprint density at radius 2 is 1.88 bits per heavy atom. The number of carbonyl (C=O) groups is 1. The van der Waals surface area contributed by atoms with Gasteiger partial charge < -0.3 is 11.1 Å². The third kappa shape index (κ3) is 2.99. The van der Waals surface area contributed by atoms with E-state index in [1.807, 2.05) is 44.2 Å². The Bertz CT molecular complexity index is 911. The molecule has 1 aromatic heterocycles. The topological polar surface area (TPSA) is 68.0 Å². The SMILES string of the molecule is Cc1cc2nc(N)sc2c(C)c1NC(=O)c1ccc(C(C)C)cc1. The smallest absolute Gasteiger partial charge is 0.255 e. The second kappa shape index (κ2) is 6.24. The second-order valence-corrected chi connectivity index (χ2v) is 7.36. The molecule has 1 amide bonds. The summed E-state index contributed by atoms with van der Waals surface area (Å²) in [6.07, 6.45) is 0. The van der Waals surface area contributed by atoms with E-state index in [1.165, 1.54) is 16.9 Å². The molecule has 0 aliphatic rings. The van der Waals surface area contributed by atoms with Crippen LogP contribution < -0.4 is 11.1 Å². The van der Waals surface area contributed by atoms with E-state index in [0.717, 1.165) is 27.0 Å². The molecule has 2 aromatic carbocycles. The van der Waals surface area contributed by atoms with E-state index >= 15 is 0 Å². The number of fused-ring (bicyclic) bond motifs is 1. The first-order valence-electron chi connectivity index (χ1n) is 7.94. The summed E-state index contributed by atoms with van der Waals surface area (Å²) < 4.78 is 1.02. The van der Waals surface area contributed by atoms with Crippen molar-refractivity contribution in [2.75, 3.05) is 11.1 Å². The number of anilines is 2. The van der Waals surface area contributed by atoms with Crippen LogP contribution in [0.4, 0.5) is 10.8 Å². The summed E-state index contributed by atoms with van der Waals surface area (Å²) in [6, 6.07) is 9.72. The molecule has 1 heterocycles. The lowest BCUT2D eigenvalue weighted by atomic mass is 10.0. The minimum absolute atomic E-state index is 0.103. The summed E-state index contributed by atoms with van der Waals surface area (Å²) in [7, 11) is 0. The summed E-state index contributed by atoms with van der Waals surface area (Å²) >= 11 is 1.45. The molecule has 0 saturated heterocycles. The lowest BCUT2D eigenvalue weighted by Gasteiger charge is -2.13. The standard InChI is InChI=1S/C19H21N3OS/c1-10(2)13-5-7-14(8-6-13)18(23)22-16-11(3)9-15-17(12(16)4)24-19(20)21-15/h5-10H,1-4H3,(H2,20,21)(H,22,23). The van der Waals surface area contributed by atoms with Crippen molar-refractivity contribution in [3.8, 4) is 0 Å². The largest absolute Gasteiger partial charge is 0.375 e. The predicted molar refractivity (Wildman–Crippen MR) is 102 cm³/mol. The van der Waals surface area contributed by atoms with Gasteiger partial charge in [-0.05, 0) is 54.7 Å². The molecule has 0 radical (unpaired) electrons. The Labute approximate surface area is 145 Å². The van der Waals surface area contributed by atoms with E-state index in [2.05, 4.69) is 24.1 Å². The normalized spacial score (nSPS) is 11.2. The van der Waals surface area contributed by atoms with Gasteiger partial charge in [0.25, 0.3) is 5.91 Å². The van der Waals surface area contributed by atoms with Gasteiger partial charge in [0.15, 0.2) is 5.13 Å². The van der Waals surface area contributed by atoms with Crippen molar-refractivity contribution < 1.29 is 4.79 Å². The van der Waals surface area contributed by atoms with Crippen molar-refractivity contribution >= 4 is 38.3 Å². The lowest BCUT2D eigenvalue weighted by Crippen LogP contribution is -2.14. The molecule has 24 heavy (non-hydrogen) atoms. The Kier molecular flexibility index (Phi) is 4.28. The fourth-order valence-electron chi connectivity index (χ4n) is 2.80. The summed E-state index contributed by atoms with van der Waals surface area (Å²) in [5, 5.41) is 3.59. The van der Waals surface area contributed by atoms with Gasteiger partial charge in [0, 0.05) is 11.3 Å². The van der Waals surface area contributed by atoms with Crippen LogP contribution in [-0.4, -0.2) is 10.9 Å². The van der Waals surface area contributed by atoms with Crippen molar-refractivity contribution in [2.45, 2.75) is 33.6 Å². The number of rotatable bonds is 3. The highest BCUT2D eigenvalue weighted by atomic mass is 32.1. The van der Waals surface area contributed by atoms with Crippen LogP contribution in [0.5, 0.6) is 0 Å². The maximum atomic E-state index is 12.6. The first kappa shape index (κ1) is 16.5. The fourth-order valence-corrected chi connectivity index (χ4v) is 3.62. The van der Waals surface area contributed by atoms with E-state index in [1.54, 1.807) is 0 Å². The lowest BCUT2D eigenvalue weighted by molar-refractivity contribution is 0.102. The zero-order valence-corrected chi connectivity index (χ0v) is 15.1. The Morgan fingerprint density at radius 1 is 1.21 bits per heavy atom. The molecule has 0 aliphatic heterocycles. The van der Waals surface area contributed by atoms with Gasteiger partial charge in [-0.1, -0.05) is 37.3 Å². The number of benzene rings is 2. The zero-order valence-electron chi connectivity index (χ0n) is 14.3. The van der Waals surface area contributed by atoms with Crippen molar-refractivity contribution in [1.82, 2.24) is 4.98 Å². The number of hydrogen-bond donors (Lipinski definition) is 2. The monoisotopic (exact) mass is 339 g/mol. The first-order valence-corrected chi connectivity index (χ1v) is 8.76. The molecule has 0 unspecified atom stereocenters. The maximum absolute atomic E-state index is 12.6. The highest BCUT2D eigenvalue weighted by molar-refractivity contribution is 7.22. The molecule has 0 atom stereocenters. The van der Waals surface area contributed by atoms with E-state index in [9.17, 15) is 4.79 Å². The number of nitrogen functional groups attached to an aromatic ring is 1. The first-order chi connectivity index (χ1) is 11.4. The van der Waals surface area contributed by atoms with Crippen LogP contribution in [0, 0.1) is 13.8 Å². The molecule has 0 spiro atoms. The molecule has 3 aromatic rings. The Balaban J connectivity index is 1.92. The number of nitrogens with zero attached hydrogens (tertiary/aromatic N) is 1. The van der Waals surface area contributed by atoms with Crippen LogP contribution in [0.25, 0.3) is 10.2 Å². The van der Waals surface area contributed by atoms with Crippen molar-refractivity contribution in [1.29, 1.82) is 0 Å². The van der Waals surface area contributed by atoms with Crippen LogP contribution in [0.1, 0.15) is 46.8 Å². The summed E-state index contributed by atoms with van der Waals surface area (Å²) in [6.45, 7) is 8.24.